The lowest BCUT2D eigenvalue weighted by Gasteiger charge is -2.07. The third-order valence-electron chi connectivity index (χ3n) is 1.68. The lowest BCUT2D eigenvalue weighted by molar-refractivity contribution is -0.115. The summed E-state index contributed by atoms with van der Waals surface area (Å²) in [4.78, 5) is 11.3. The maximum Gasteiger partial charge on any atom is 0.242 e. The molecule has 1 amide bonds. The number of amides is 1. The smallest absolute Gasteiger partial charge is 0.242 e. The predicted octanol–water partition coefficient (Wildman–Crippen LogP) is 2.64. The van der Waals surface area contributed by atoms with Crippen LogP contribution in [-0.4, -0.2) is 11.3 Å². The van der Waals surface area contributed by atoms with Crippen molar-refractivity contribution in [2.24, 2.45) is 0 Å². The number of para-hydroxylation sites is 1. The van der Waals surface area contributed by atoms with E-state index in [0.717, 1.165) is 5.69 Å². The highest BCUT2D eigenvalue weighted by Crippen LogP contribution is 2.08. The number of benzene rings is 1. The topological polar surface area (TPSA) is 29.1 Å². The van der Waals surface area contributed by atoms with Gasteiger partial charge in [0.15, 0.2) is 0 Å². The molecule has 1 rings (SSSR count). The Kier molecular flexibility index (Phi) is 3.77. The molecule has 1 atom stereocenters. The minimum atomic E-state index is -0.444. The predicted molar refractivity (Wildman–Crippen MR) is 55.0 cm³/mol. The van der Waals surface area contributed by atoms with E-state index in [9.17, 15) is 4.79 Å². The van der Waals surface area contributed by atoms with Crippen molar-refractivity contribution in [1.29, 1.82) is 0 Å². The molecule has 0 spiro atoms. The highest BCUT2D eigenvalue weighted by molar-refractivity contribution is 6.32. The molecule has 0 unspecified atom stereocenters. The molecule has 1 aromatic rings. The molecule has 0 fully saturated rings. The van der Waals surface area contributed by atoms with Gasteiger partial charge in [-0.2, -0.15) is 0 Å². The Morgan fingerprint density at radius 3 is 2.62 bits per heavy atom. The fraction of sp³-hybridized carbons (Fsp3) is 0.300. The highest BCUT2D eigenvalue weighted by atomic mass is 35.5. The van der Waals surface area contributed by atoms with Gasteiger partial charge in [-0.15, -0.1) is 11.6 Å². The van der Waals surface area contributed by atoms with Crippen molar-refractivity contribution < 1.29 is 4.79 Å². The Balaban J connectivity index is 2.55. The summed E-state index contributed by atoms with van der Waals surface area (Å²) in [6.07, 6.45) is 0.639. The minimum Gasteiger partial charge on any atom is -0.325 e. The first kappa shape index (κ1) is 10.1. The lowest BCUT2D eigenvalue weighted by Crippen LogP contribution is -2.22. The first-order valence-corrected chi connectivity index (χ1v) is 4.67. The summed E-state index contributed by atoms with van der Waals surface area (Å²) in [5, 5.41) is 2.28. The molecule has 1 aromatic carbocycles. The normalized spacial score (nSPS) is 12.2. The van der Waals surface area contributed by atoms with Crippen molar-refractivity contribution in [2.45, 2.75) is 18.7 Å². The summed E-state index contributed by atoms with van der Waals surface area (Å²) >= 11 is 5.75. The number of carbonyl (C=O) groups excluding carboxylic acids is 1. The molecule has 13 heavy (non-hydrogen) atoms. The number of carbonyl (C=O) groups is 1. The van der Waals surface area contributed by atoms with Gasteiger partial charge in [-0.1, -0.05) is 25.1 Å². The fourth-order valence-electron chi connectivity index (χ4n) is 0.927. The van der Waals surface area contributed by atoms with Crippen molar-refractivity contribution >= 4 is 23.2 Å². The second kappa shape index (κ2) is 4.87. The molecular formula is C10H12ClNO. The van der Waals surface area contributed by atoms with E-state index >= 15 is 0 Å². The van der Waals surface area contributed by atoms with Crippen LogP contribution in [0.5, 0.6) is 0 Å². The number of hydrogen-bond donors (Lipinski definition) is 1. The zero-order valence-corrected chi connectivity index (χ0v) is 8.21. The molecule has 0 aliphatic carbocycles. The van der Waals surface area contributed by atoms with E-state index < -0.39 is 5.38 Å². The zero-order valence-electron chi connectivity index (χ0n) is 7.46. The van der Waals surface area contributed by atoms with Gasteiger partial charge in [-0.25, -0.2) is 0 Å². The van der Waals surface area contributed by atoms with Gasteiger partial charge in [-0.05, 0) is 18.6 Å². The maximum atomic E-state index is 11.3. The minimum absolute atomic E-state index is 0.143. The summed E-state index contributed by atoms with van der Waals surface area (Å²) in [5.74, 6) is -0.143. The van der Waals surface area contributed by atoms with Crippen LogP contribution in [0.4, 0.5) is 5.69 Å². The number of rotatable bonds is 3. The van der Waals surface area contributed by atoms with Crippen LogP contribution in [0.15, 0.2) is 30.3 Å². The van der Waals surface area contributed by atoms with E-state index in [0.29, 0.717) is 6.42 Å². The molecule has 0 saturated heterocycles. The number of anilines is 1. The van der Waals surface area contributed by atoms with E-state index in [1.165, 1.54) is 0 Å². The Hall–Kier alpha value is -1.02. The zero-order chi connectivity index (χ0) is 9.68. The second-order valence-electron chi connectivity index (χ2n) is 2.73. The van der Waals surface area contributed by atoms with Crippen LogP contribution in [0.1, 0.15) is 13.3 Å². The summed E-state index contributed by atoms with van der Waals surface area (Å²) in [7, 11) is 0. The van der Waals surface area contributed by atoms with Gasteiger partial charge < -0.3 is 5.32 Å². The molecule has 0 bridgehead atoms. The molecule has 70 valence electrons. The maximum absolute atomic E-state index is 11.3. The SMILES string of the molecule is CC[C@@H](Cl)C(=O)Nc1ccccc1. The van der Waals surface area contributed by atoms with Crippen LogP contribution in [0.2, 0.25) is 0 Å². The molecule has 0 saturated carbocycles. The molecule has 2 nitrogen and oxygen atoms in total. The Morgan fingerprint density at radius 1 is 1.46 bits per heavy atom. The van der Waals surface area contributed by atoms with Crippen LogP contribution in [0.3, 0.4) is 0 Å². The standard InChI is InChI=1S/C10H12ClNO/c1-2-9(11)10(13)12-8-6-4-3-5-7-8/h3-7,9H,2H2,1H3,(H,12,13)/t9-/m1/s1. The average Bonchev–Trinajstić information content (AvgIpc) is 2.18. The number of hydrogen-bond acceptors (Lipinski definition) is 1. The van der Waals surface area contributed by atoms with E-state index in [2.05, 4.69) is 5.32 Å². The van der Waals surface area contributed by atoms with Crippen LogP contribution in [0, 0.1) is 0 Å². The van der Waals surface area contributed by atoms with Gasteiger partial charge in [0.2, 0.25) is 5.91 Å². The first-order valence-electron chi connectivity index (χ1n) is 4.24. The number of nitrogens with one attached hydrogen (secondary N) is 1. The molecular weight excluding hydrogens is 186 g/mol. The summed E-state index contributed by atoms with van der Waals surface area (Å²) in [5.41, 5.74) is 0.784. The Morgan fingerprint density at radius 2 is 2.08 bits per heavy atom. The average molecular weight is 198 g/mol. The van der Waals surface area contributed by atoms with Crippen molar-refractivity contribution in [3.63, 3.8) is 0 Å². The van der Waals surface area contributed by atoms with E-state index in [-0.39, 0.29) is 5.91 Å². The molecule has 1 N–H and O–H groups in total. The Bertz CT molecular complexity index is 274. The monoisotopic (exact) mass is 197 g/mol. The van der Waals surface area contributed by atoms with E-state index in [1.807, 2.05) is 37.3 Å². The summed E-state index contributed by atoms with van der Waals surface area (Å²) < 4.78 is 0. The van der Waals surface area contributed by atoms with Gasteiger partial charge in [0.25, 0.3) is 0 Å². The van der Waals surface area contributed by atoms with Crippen molar-refractivity contribution in [3.8, 4) is 0 Å². The van der Waals surface area contributed by atoms with Gasteiger partial charge in [0, 0.05) is 5.69 Å². The molecule has 0 aliphatic heterocycles. The van der Waals surface area contributed by atoms with Gasteiger partial charge in [-0.3, -0.25) is 4.79 Å². The van der Waals surface area contributed by atoms with Gasteiger partial charge in [0.05, 0.1) is 0 Å². The van der Waals surface area contributed by atoms with Crippen molar-refractivity contribution in [3.05, 3.63) is 30.3 Å². The van der Waals surface area contributed by atoms with Crippen LogP contribution < -0.4 is 5.32 Å². The van der Waals surface area contributed by atoms with Crippen LogP contribution in [-0.2, 0) is 4.79 Å². The fourth-order valence-corrected chi connectivity index (χ4v) is 0.982. The van der Waals surface area contributed by atoms with Crippen molar-refractivity contribution in [1.82, 2.24) is 0 Å². The van der Waals surface area contributed by atoms with Gasteiger partial charge in [0.1, 0.15) is 5.38 Å². The third-order valence-corrected chi connectivity index (χ3v) is 2.19. The first-order chi connectivity index (χ1) is 6.24. The Labute approximate surface area is 82.9 Å². The van der Waals surface area contributed by atoms with E-state index in [4.69, 9.17) is 11.6 Å². The molecule has 3 heteroatoms. The molecule has 0 aromatic heterocycles. The van der Waals surface area contributed by atoms with Gasteiger partial charge >= 0.3 is 0 Å². The largest absolute Gasteiger partial charge is 0.325 e. The van der Waals surface area contributed by atoms with Crippen LogP contribution >= 0.6 is 11.6 Å². The molecule has 0 aliphatic rings. The molecule has 0 heterocycles. The quantitative estimate of drug-likeness (QED) is 0.742. The van der Waals surface area contributed by atoms with Crippen molar-refractivity contribution in [2.75, 3.05) is 5.32 Å². The van der Waals surface area contributed by atoms with Crippen LogP contribution in [0.25, 0.3) is 0 Å². The number of alkyl halides is 1. The molecule has 0 radical (unpaired) electrons. The van der Waals surface area contributed by atoms with E-state index in [1.54, 1.807) is 0 Å². The summed E-state index contributed by atoms with van der Waals surface area (Å²) in [6.45, 7) is 1.88. The lowest BCUT2D eigenvalue weighted by atomic mass is 10.3. The second-order valence-corrected chi connectivity index (χ2v) is 3.26. The highest BCUT2D eigenvalue weighted by Gasteiger charge is 2.11. The number of halogens is 1. The third kappa shape index (κ3) is 3.07. The summed E-state index contributed by atoms with van der Waals surface area (Å²) in [6, 6.07) is 9.29.